The minimum Gasteiger partial charge on any atom is -0.481 e. The highest BCUT2D eigenvalue weighted by molar-refractivity contribution is 9.10. The third-order valence-electron chi connectivity index (χ3n) is 2.65. The van der Waals surface area contributed by atoms with Gasteiger partial charge in [0, 0.05) is 16.1 Å². The molecule has 0 aliphatic rings. The van der Waals surface area contributed by atoms with Crippen LogP contribution in [0.15, 0.2) is 40.9 Å². The normalized spacial score (nSPS) is 10.8. The highest BCUT2D eigenvalue weighted by Gasteiger charge is 2.07. The average molecular weight is 304 g/mol. The molecule has 0 unspecified atom stereocenters. The van der Waals surface area contributed by atoms with Crippen LogP contribution in [-0.2, 0) is 0 Å². The Kier molecular flexibility index (Phi) is 2.76. The first-order valence-electron chi connectivity index (χ1n) is 5.43. The number of nitrogens with one attached hydrogen (secondary N) is 1. The molecular weight excluding hydrogens is 294 g/mol. The standard InChI is InChI=1S/C13H10BrN3O/c1-18-11-7-6-10-13(16-11)17-12(15-10)8-2-4-9(14)5-3-8/h2-7H,1H3,(H,15,16,17). The molecule has 0 bridgehead atoms. The summed E-state index contributed by atoms with van der Waals surface area (Å²) in [6.07, 6.45) is 0. The first-order valence-corrected chi connectivity index (χ1v) is 6.22. The van der Waals surface area contributed by atoms with Gasteiger partial charge in [0.15, 0.2) is 5.65 Å². The van der Waals surface area contributed by atoms with Crippen LogP contribution in [0.4, 0.5) is 0 Å². The van der Waals surface area contributed by atoms with Crippen LogP contribution in [0.3, 0.4) is 0 Å². The second kappa shape index (κ2) is 4.42. The molecule has 0 fully saturated rings. The smallest absolute Gasteiger partial charge is 0.215 e. The maximum Gasteiger partial charge on any atom is 0.215 e. The van der Waals surface area contributed by atoms with Crippen molar-refractivity contribution in [2.24, 2.45) is 0 Å². The van der Waals surface area contributed by atoms with Gasteiger partial charge in [0.2, 0.25) is 5.88 Å². The summed E-state index contributed by atoms with van der Waals surface area (Å²) in [4.78, 5) is 12.0. The number of nitrogens with zero attached hydrogens (tertiary/aromatic N) is 2. The van der Waals surface area contributed by atoms with Crippen molar-refractivity contribution >= 4 is 27.1 Å². The summed E-state index contributed by atoms with van der Waals surface area (Å²) in [5.41, 5.74) is 2.58. The quantitative estimate of drug-likeness (QED) is 0.789. The highest BCUT2D eigenvalue weighted by atomic mass is 79.9. The molecule has 0 radical (unpaired) electrons. The lowest BCUT2D eigenvalue weighted by molar-refractivity contribution is 0.399. The van der Waals surface area contributed by atoms with Crippen molar-refractivity contribution in [2.45, 2.75) is 0 Å². The third-order valence-corrected chi connectivity index (χ3v) is 3.18. The van der Waals surface area contributed by atoms with Crippen LogP contribution in [0, 0.1) is 0 Å². The zero-order valence-corrected chi connectivity index (χ0v) is 11.2. The molecule has 3 aromatic rings. The number of fused-ring (bicyclic) bond motifs is 1. The number of rotatable bonds is 2. The fourth-order valence-electron chi connectivity index (χ4n) is 1.73. The van der Waals surface area contributed by atoms with Crippen LogP contribution in [0.2, 0.25) is 0 Å². The molecule has 2 aromatic heterocycles. The van der Waals surface area contributed by atoms with Gasteiger partial charge in [-0.15, -0.1) is 0 Å². The number of aromatic amines is 1. The molecule has 1 aromatic carbocycles. The summed E-state index contributed by atoms with van der Waals surface area (Å²) < 4.78 is 6.13. The third kappa shape index (κ3) is 1.97. The fraction of sp³-hybridized carbons (Fsp3) is 0.0769. The molecular formula is C13H10BrN3O. The molecule has 0 saturated heterocycles. The molecule has 3 rings (SSSR count). The van der Waals surface area contributed by atoms with Crippen molar-refractivity contribution in [1.82, 2.24) is 15.0 Å². The maximum atomic E-state index is 5.08. The SMILES string of the molecule is COc1ccc2[nH]c(-c3ccc(Br)cc3)nc2n1. The number of methoxy groups -OCH3 is 1. The van der Waals surface area contributed by atoms with Crippen LogP contribution < -0.4 is 4.74 Å². The summed E-state index contributed by atoms with van der Waals surface area (Å²) in [6.45, 7) is 0. The number of ether oxygens (including phenoxy) is 1. The molecule has 18 heavy (non-hydrogen) atoms. The van der Waals surface area contributed by atoms with E-state index >= 15 is 0 Å². The van der Waals surface area contributed by atoms with Gasteiger partial charge in [0.1, 0.15) is 5.82 Å². The number of imidazole rings is 1. The Bertz CT molecular complexity index is 691. The molecule has 0 amide bonds. The van der Waals surface area contributed by atoms with Crippen molar-refractivity contribution in [2.75, 3.05) is 7.11 Å². The number of hydrogen-bond acceptors (Lipinski definition) is 3. The van der Waals surface area contributed by atoms with Crippen molar-refractivity contribution in [1.29, 1.82) is 0 Å². The Morgan fingerprint density at radius 3 is 2.56 bits per heavy atom. The first-order chi connectivity index (χ1) is 8.76. The number of benzene rings is 1. The average Bonchev–Trinajstić information content (AvgIpc) is 2.82. The van der Waals surface area contributed by atoms with E-state index < -0.39 is 0 Å². The fourth-order valence-corrected chi connectivity index (χ4v) is 2.00. The number of hydrogen-bond donors (Lipinski definition) is 1. The second-order valence-corrected chi connectivity index (χ2v) is 4.73. The molecule has 0 atom stereocenters. The van der Waals surface area contributed by atoms with Crippen LogP contribution in [0.25, 0.3) is 22.6 Å². The Morgan fingerprint density at radius 2 is 1.83 bits per heavy atom. The molecule has 0 aliphatic carbocycles. The number of H-pyrrole nitrogens is 1. The summed E-state index contributed by atoms with van der Waals surface area (Å²) in [5, 5.41) is 0. The molecule has 0 saturated carbocycles. The van der Waals surface area contributed by atoms with Gasteiger partial charge in [0.25, 0.3) is 0 Å². The van der Waals surface area contributed by atoms with E-state index in [9.17, 15) is 0 Å². The summed E-state index contributed by atoms with van der Waals surface area (Å²) in [5.74, 6) is 1.37. The van der Waals surface area contributed by atoms with Gasteiger partial charge in [0.05, 0.1) is 12.6 Å². The molecule has 0 aliphatic heterocycles. The number of pyridine rings is 1. The molecule has 4 nitrogen and oxygen atoms in total. The van der Waals surface area contributed by atoms with E-state index in [4.69, 9.17) is 4.74 Å². The van der Waals surface area contributed by atoms with Crippen LogP contribution >= 0.6 is 15.9 Å². The summed E-state index contributed by atoms with van der Waals surface area (Å²) in [7, 11) is 1.59. The van der Waals surface area contributed by atoms with Crippen LogP contribution in [-0.4, -0.2) is 22.1 Å². The van der Waals surface area contributed by atoms with Gasteiger partial charge in [-0.2, -0.15) is 4.98 Å². The summed E-state index contributed by atoms with van der Waals surface area (Å²) >= 11 is 3.41. The van der Waals surface area contributed by atoms with E-state index in [0.717, 1.165) is 21.4 Å². The lowest BCUT2D eigenvalue weighted by atomic mass is 10.2. The largest absolute Gasteiger partial charge is 0.481 e. The van der Waals surface area contributed by atoms with Crippen molar-refractivity contribution in [3.8, 4) is 17.3 Å². The first kappa shape index (κ1) is 11.2. The monoisotopic (exact) mass is 303 g/mol. The number of halogens is 1. The highest BCUT2D eigenvalue weighted by Crippen LogP contribution is 2.22. The van der Waals surface area contributed by atoms with Gasteiger partial charge in [-0.1, -0.05) is 28.1 Å². The van der Waals surface area contributed by atoms with E-state index in [2.05, 4.69) is 30.9 Å². The van der Waals surface area contributed by atoms with Gasteiger partial charge in [-0.05, 0) is 18.2 Å². The van der Waals surface area contributed by atoms with Gasteiger partial charge in [-0.3, -0.25) is 0 Å². The summed E-state index contributed by atoms with van der Waals surface area (Å²) in [6, 6.07) is 11.7. The molecule has 0 spiro atoms. The molecule has 1 N–H and O–H groups in total. The van der Waals surface area contributed by atoms with E-state index in [0.29, 0.717) is 11.5 Å². The zero-order valence-electron chi connectivity index (χ0n) is 9.64. The minimum atomic E-state index is 0.566. The Morgan fingerprint density at radius 1 is 1.06 bits per heavy atom. The van der Waals surface area contributed by atoms with Gasteiger partial charge < -0.3 is 9.72 Å². The van der Waals surface area contributed by atoms with Crippen LogP contribution in [0.5, 0.6) is 5.88 Å². The molecule has 2 heterocycles. The van der Waals surface area contributed by atoms with Gasteiger partial charge in [-0.25, -0.2) is 4.98 Å². The van der Waals surface area contributed by atoms with E-state index in [1.807, 2.05) is 36.4 Å². The Balaban J connectivity index is 2.10. The Hall–Kier alpha value is -1.88. The van der Waals surface area contributed by atoms with Crippen LogP contribution in [0.1, 0.15) is 0 Å². The number of aromatic nitrogens is 3. The van der Waals surface area contributed by atoms with E-state index in [1.165, 1.54) is 0 Å². The molecule has 5 heteroatoms. The lowest BCUT2D eigenvalue weighted by Crippen LogP contribution is -1.86. The maximum absolute atomic E-state index is 5.08. The van der Waals surface area contributed by atoms with E-state index in [1.54, 1.807) is 7.11 Å². The van der Waals surface area contributed by atoms with E-state index in [-0.39, 0.29) is 0 Å². The predicted molar refractivity (Wildman–Crippen MR) is 73.6 cm³/mol. The topological polar surface area (TPSA) is 50.8 Å². The van der Waals surface area contributed by atoms with Crippen molar-refractivity contribution in [3.05, 3.63) is 40.9 Å². The Labute approximate surface area is 112 Å². The lowest BCUT2D eigenvalue weighted by Gasteiger charge is -1.95. The molecule has 90 valence electrons. The second-order valence-electron chi connectivity index (χ2n) is 3.82. The van der Waals surface area contributed by atoms with Crippen molar-refractivity contribution < 1.29 is 4.74 Å². The van der Waals surface area contributed by atoms with Crippen molar-refractivity contribution in [3.63, 3.8) is 0 Å². The predicted octanol–water partition coefficient (Wildman–Crippen LogP) is 3.40. The zero-order chi connectivity index (χ0) is 12.5. The minimum absolute atomic E-state index is 0.566. The van der Waals surface area contributed by atoms with Gasteiger partial charge >= 0.3 is 0 Å².